The molecule has 0 fully saturated rings. The molecule has 0 amide bonds. The average Bonchev–Trinajstić information content (AvgIpc) is 1.92. The number of carbonyl (C=O) groups excluding carboxylic acids is 1. The first-order chi connectivity index (χ1) is 7.89. The fourth-order valence-electron chi connectivity index (χ4n) is 2.28. The lowest BCUT2D eigenvalue weighted by atomic mass is 9.93. The number of nitrogens with zero attached hydrogens (tertiary/aromatic N) is 1. The van der Waals surface area contributed by atoms with Gasteiger partial charge in [0.25, 0.3) is 0 Å². The summed E-state index contributed by atoms with van der Waals surface area (Å²) in [6.07, 6.45) is 1.61. The molecule has 0 aromatic carbocycles. The van der Waals surface area contributed by atoms with E-state index in [4.69, 9.17) is 4.74 Å². The number of hydrogen-bond acceptors (Lipinski definition) is 2. The summed E-state index contributed by atoms with van der Waals surface area (Å²) in [7, 11) is 6.51. The minimum absolute atomic E-state index is 0.0680. The van der Waals surface area contributed by atoms with Crippen LogP contribution in [0.15, 0.2) is 0 Å². The average molecular weight is 258 g/mol. The molecule has 0 aromatic rings. The van der Waals surface area contributed by atoms with Crippen LogP contribution in [0.3, 0.4) is 0 Å². The molecule has 0 rings (SSSR count). The molecule has 1 unspecified atom stereocenters. The molecule has 0 aliphatic rings. The van der Waals surface area contributed by atoms with E-state index in [1.807, 2.05) is 20.8 Å². The number of esters is 1. The zero-order chi connectivity index (χ0) is 14.6. The first-order valence-electron chi connectivity index (χ1n) is 6.91. The van der Waals surface area contributed by atoms with Gasteiger partial charge < -0.3 is 9.22 Å². The first-order valence-corrected chi connectivity index (χ1v) is 6.91. The van der Waals surface area contributed by atoms with E-state index in [9.17, 15) is 4.79 Å². The molecule has 0 bridgehead atoms. The lowest BCUT2D eigenvalue weighted by Gasteiger charge is -2.30. The summed E-state index contributed by atoms with van der Waals surface area (Å²) in [6, 6.07) is 0. The van der Waals surface area contributed by atoms with Gasteiger partial charge in [-0.1, -0.05) is 13.8 Å². The van der Waals surface area contributed by atoms with Crippen molar-refractivity contribution in [2.75, 3.05) is 27.7 Å². The maximum absolute atomic E-state index is 11.9. The maximum Gasteiger partial charge on any atom is 0.306 e. The summed E-state index contributed by atoms with van der Waals surface area (Å²) >= 11 is 0. The highest BCUT2D eigenvalue weighted by atomic mass is 16.6. The summed E-state index contributed by atoms with van der Waals surface area (Å²) in [5.41, 5.74) is -0.379. The van der Waals surface area contributed by atoms with Crippen LogP contribution in [-0.2, 0) is 9.53 Å². The van der Waals surface area contributed by atoms with Crippen molar-refractivity contribution in [1.29, 1.82) is 0 Å². The number of rotatable bonds is 6. The Hall–Kier alpha value is -0.570. The zero-order valence-corrected chi connectivity index (χ0v) is 13.5. The van der Waals surface area contributed by atoms with Gasteiger partial charge in [0, 0.05) is 5.92 Å². The number of hydrogen-bond donors (Lipinski definition) is 0. The molecule has 1 atom stereocenters. The molecule has 0 saturated heterocycles. The second-order valence-electron chi connectivity index (χ2n) is 7.76. The van der Waals surface area contributed by atoms with E-state index in [1.54, 1.807) is 0 Å². The largest absolute Gasteiger partial charge is 0.460 e. The van der Waals surface area contributed by atoms with Crippen molar-refractivity contribution in [3.63, 3.8) is 0 Å². The van der Waals surface area contributed by atoms with Crippen molar-refractivity contribution in [3.05, 3.63) is 0 Å². The zero-order valence-electron chi connectivity index (χ0n) is 13.5. The topological polar surface area (TPSA) is 26.3 Å². The summed E-state index contributed by atoms with van der Waals surface area (Å²) in [4.78, 5) is 11.9. The van der Waals surface area contributed by atoms with Gasteiger partial charge in [0.1, 0.15) is 5.60 Å². The summed E-state index contributed by atoms with van der Waals surface area (Å²) in [6.45, 7) is 11.2. The van der Waals surface area contributed by atoms with E-state index in [2.05, 4.69) is 35.0 Å². The van der Waals surface area contributed by atoms with Crippen LogP contribution in [0.4, 0.5) is 0 Å². The summed E-state index contributed by atoms with van der Waals surface area (Å²) < 4.78 is 6.31. The van der Waals surface area contributed by atoms with Crippen molar-refractivity contribution in [2.45, 2.75) is 53.1 Å². The third kappa shape index (κ3) is 10.6. The Kier molecular flexibility index (Phi) is 6.35. The van der Waals surface area contributed by atoms with Crippen LogP contribution < -0.4 is 0 Å². The van der Waals surface area contributed by atoms with Gasteiger partial charge in [-0.2, -0.15) is 0 Å². The van der Waals surface area contributed by atoms with Gasteiger partial charge in [-0.05, 0) is 33.1 Å². The highest BCUT2D eigenvalue weighted by Gasteiger charge is 2.25. The minimum Gasteiger partial charge on any atom is -0.460 e. The molecule has 0 saturated carbocycles. The van der Waals surface area contributed by atoms with Crippen LogP contribution in [0.5, 0.6) is 0 Å². The van der Waals surface area contributed by atoms with E-state index >= 15 is 0 Å². The van der Waals surface area contributed by atoms with Crippen LogP contribution in [0.25, 0.3) is 0 Å². The molecular weight excluding hydrogens is 226 g/mol. The molecule has 3 nitrogen and oxygen atoms in total. The van der Waals surface area contributed by atoms with Crippen molar-refractivity contribution in [2.24, 2.45) is 11.8 Å². The van der Waals surface area contributed by atoms with E-state index in [0.717, 1.165) is 17.4 Å². The van der Waals surface area contributed by atoms with Crippen LogP contribution in [0, 0.1) is 11.8 Å². The molecule has 0 aliphatic heterocycles. The quantitative estimate of drug-likeness (QED) is 0.540. The molecular formula is C15H32NO2+. The van der Waals surface area contributed by atoms with Crippen LogP contribution in [0.1, 0.15) is 47.5 Å². The van der Waals surface area contributed by atoms with Gasteiger partial charge in [-0.15, -0.1) is 0 Å². The van der Waals surface area contributed by atoms with E-state index in [0.29, 0.717) is 18.3 Å². The molecule has 0 spiro atoms. The van der Waals surface area contributed by atoms with E-state index in [1.165, 1.54) is 0 Å². The normalized spacial score (nSPS) is 14.7. The van der Waals surface area contributed by atoms with Crippen LogP contribution in [0.2, 0.25) is 0 Å². The van der Waals surface area contributed by atoms with Gasteiger partial charge in [0.2, 0.25) is 0 Å². The lowest BCUT2D eigenvalue weighted by Crippen LogP contribution is -2.40. The predicted octanol–water partition coefficient (Wildman–Crippen LogP) is 3.09. The number of quaternary nitrogens is 1. The molecule has 0 radical (unpaired) electrons. The second kappa shape index (κ2) is 6.55. The third-order valence-corrected chi connectivity index (χ3v) is 2.49. The molecule has 0 aliphatic carbocycles. The number of carbonyl (C=O) groups is 1. The van der Waals surface area contributed by atoms with E-state index in [-0.39, 0.29) is 11.6 Å². The van der Waals surface area contributed by atoms with Crippen molar-refractivity contribution in [3.8, 4) is 0 Å². The Morgan fingerprint density at radius 1 is 1.17 bits per heavy atom. The van der Waals surface area contributed by atoms with Gasteiger partial charge in [0.05, 0.1) is 34.1 Å². The standard InChI is InChI=1S/C15H32NO2/c1-12(2)9-13(11-16(6,7)8)10-14(17)18-15(3,4)5/h12-13H,9-11H2,1-8H3/q+1. The van der Waals surface area contributed by atoms with Gasteiger partial charge in [-0.25, -0.2) is 0 Å². The molecule has 3 heteroatoms. The maximum atomic E-state index is 11.9. The Morgan fingerprint density at radius 2 is 1.67 bits per heavy atom. The molecule has 0 aromatic heterocycles. The van der Waals surface area contributed by atoms with Crippen LogP contribution in [-0.4, -0.2) is 43.7 Å². The smallest absolute Gasteiger partial charge is 0.306 e. The highest BCUT2D eigenvalue weighted by Crippen LogP contribution is 2.20. The Balaban J connectivity index is 4.45. The van der Waals surface area contributed by atoms with Crippen molar-refractivity contribution >= 4 is 5.97 Å². The Morgan fingerprint density at radius 3 is 2.00 bits per heavy atom. The molecule has 0 N–H and O–H groups in total. The van der Waals surface area contributed by atoms with Crippen molar-refractivity contribution in [1.82, 2.24) is 0 Å². The second-order valence-corrected chi connectivity index (χ2v) is 7.76. The minimum atomic E-state index is -0.379. The molecule has 0 heterocycles. The predicted molar refractivity (Wildman–Crippen MR) is 76.3 cm³/mol. The summed E-state index contributed by atoms with van der Waals surface area (Å²) in [5.74, 6) is 0.949. The summed E-state index contributed by atoms with van der Waals surface area (Å²) in [5, 5.41) is 0. The third-order valence-electron chi connectivity index (χ3n) is 2.49. The fraction of sp³-hybridized carbons (Fsp3) is 0.933. The van der Waals surface area contributed by atoms with Gasteiger partial charge >= 0.3 is 5.97 Å². The Labute approximate surface area is 113 Å². The first kappa shape index (κ1) is 17.4. The van der Waals surface area contributed by atoms with Crippen LogP contribution >= 0.6 is 0 Å². The monoisotopic (exact) mass is 258 g/mol. The van der Waals surface area contributed by atoms with Gasteiger partial charge in [-0.3, -0.25) is 4.79 Å². The van der Waals surface area contributed by atoms with Gasteiger partial charge in [0.15, 0.2) is 0 Å². The Bertz CT molecular complexity index is 259. The van der Waals surface area contributed by atoms with Crippen molar-refractivity contribution < 1.29 is 14.0 Å². The highest BCUT2D eigenvalue weighted by molar-refractivity contribution is 5.70. The molecule has 108 valence electrons. The molecule has 18 heavy (non-hydrogen) atoms. The lowest BCUT2D eigenvalue weighted by molar-refractivity contribution is -0.873. The SMILES string of the molecule is CC(C)CC(CC(=O)OC(C)(C)C)C[N+](C)(C)C. The number of ether oxygens (including phenoxy) is 1. The van der Waals surface area contributed by atoms with E-state index < -0.39 is 0 Å². The fourth-order valence-corrected chi connectivity index (χ4v) is 2.28.